The lowest BCUT2D eigenvalue weighted by molar-refractivity contribution is 0.164. The normalized spacial score (nSPS) is 15.8. The molecule has 0 spiro atoms. The average Bonchev–Trinajstić information content (AvgIpc) is 2.76. The maximum Gasteiger partial charge on any atom is 0.0615 e. The van der Waals surface area contributed by atoms with E-state index in [1.807, 2.05) is 0 Å². The monoisotopic (exact) mass is 248 g/mol. The predicted octanol–water partition coefficient (Wildman–Crippen LogP) is 2.19. The van der Waals surface area contributed by atoms with Crippen LogP contribution < -0.4 is 10.2 Å². The lowest BCUT2D eigenvalue weighted by atomic mass is 10.1. The molecule has 0 aliphatic carbocycles. The molecule has 1 unspecified atom stereocenters. The minimum Gasteiger partial charge on any atom is -0.383 e. The van der Waals surface area contributed by atoms with Gasteiger partial charge in [0.1, 0.15) is 0 Å². The van der Waals surface area contributed by atoms with Gasteiger partial charge in [0.05, 0.1) is 6.61 Å². The van der Waals surface area contributed by atoms with E-state index in [1.54, 1.807) is 7.11 Å². The summed E-state index contributed by atoms with van der Waals surface area (Å²) < 4.78 is 5.20. The fourth-order valence-electron chi connectivity index (χ4n) is 2.51. The number of hydrogen-bond acceptors (Lipinski definition) is 3. The van der Waals surface area contributed by atoms with Crippen LogP contribution in [-0.4, -0.2) is 33.4 Å². The van der Waals surface area contributed by atoms with E-state index >= 15 is 0 Å². The number of methoxy groups -OCH3 is 1. The molecule has 2 rings (SSSR count). The minimum absolute atomic E-state index is 0.450. The SMILES string of the molecule is CCC(COC)NCc1ccc2c(c1)CCN2C. The molecule has 1 atom stereocenters. The minimum atomic E-state index is 0.450. The Hall–Kier alpha value is -1.06. The van der Waals surface area contributed by atoms with Crippen molar-refractivity contribution in [1.82, 2.24) is 5.32 Å². The molecule has 100 valence electrons. The summed E-state index contributed by atoms with van der Waals surface area (Å²) in [5.74, 6) is 0. The molecular formula is C15H24N2O. The van der Waals surface area contributed by atoms with Gasteiger partial charge in [0.15, 0.2) is 0 Å². The van der Waals surface area contributed by atoms with E-state index < -0.39 is 0 Å². The molecule has 3 heteroatoms. The number of fused-ring (bicyclic) bond motifs is 1. The van der Waals surface area contributed by atoms with Gasteiger partial charge in [-0.05, 0) is 30.0 Å². The van der Waals surface area contributed by atoms with Crippen molar-refractivity contribution >= 4 is 5.69 Å². The molecule has 0 radical (unpaired) electrons. The molecule has 0 bridgehead atoms. The first-order chi connectivity index (χ1) is 8.74. The zero-order valence-electron chi connectivity index (χ0n) is 11.7. The van der Waals surface area contributed by atoms with Gasteiger partial charge >= 0.3 is 0 Å². The van der Waals surface area contributed by atoms with Crippen molar-refractivity contribution in [3.05, 3.63) is 29.3 Å². The van der Waals surface area contributed by atoms with E-state index in [-0.39, 0.29) is 0 Å². The van der Waals surface area contributed by atoms with Crippen LogP contribution in [0.3, 0.4) is 0 Å². The number of benzene rings is 1. The van der Waals surface area contributed by atoms with Crippen molar-refractivity contribution in [3.63, 3.8) is 0 Å². The summed E-state index contributed by atoms with van der Waals surface area (Å²) in [7, 11) is 3.92. The predicted molar refractivity (Wildman–Crippen MR) is 76.2 cm³/mol. The van der Waals surface area contributed by atoms with E-state index in [0.29, 0.717) is 6.04 Å². The molecule has 1 aliphatic rings. The summed E-state index contributed by atoms with van der Waals surface area (Å²) >= 11 is 0. The highest BCUT2D eigenvalue weighted by Gasteiger charge is 2.15. The van der Waals surface area contributed by atoms with Gasteiger partial charge in [0, 0.05) is 39.0 Å². The second-order valence-corrected chi connectivity index (χ2v) is 5.08. The summed E-state index contributed by atoms with van der Waals surface area (Å²) in [5.41, 5.74) is 4.25. The first-order valence-corrected chi connectivity index (χ1v) is 6.79. The Bertz CT molecular complexity index is 392. The molecule has 1 aromatic rings. The molecule has 0 amide bonds. The average molecular weight is 248 g/mol. The Labute approximate surface area is 110 Å². The fourth-order valence-corrected chi connectivity index (χ4v) is 2.51. The van der Waals surface area contributed by atoms with Crippen LogP contribution >= 0.6 is 0 Å². The smallest absolute Gasteiger partial charge is 0.0615 e. The molecule has 3 nitrogen and oxygen atoms in total. The molecule has 0 fully saturated rings. The van der Waals surface area contributed by atoms with Crippen LogP contribution in [0.1, 0.15) is 24.5 Å². The van der Waals surface area contributed by atoms with Crippen LogP contribution in [0.4, 0.5) is 5.69 Å². The van der Waals surface area contributed by atoms with Crippen molar-refractivity contribution in [1.29, 1.82) is 0 Å². The Morgan fingerprint density at radius 3 is 3.00 bits per heavy atom. The number of nitrogens with one attached hydrogen (secondary N) is 1. The van der Waals surface area contributed by atoms with Crippen LogP contribution in [0.2, 0.25) is 0 Å². The van der Waals surface area contributed by atoms with Crippen LogP contribution in [0.5, 0.6) is 0 Å². The zero-order valence-corrected chi connectivity index (χ0v) is 11.7. The lowest BCUT2D eigenvalue weighted by Crippen LogP contribution is -2.32. The molecule has 1 N–H and O–H groups in total. The van der Waals surface area contributed by atoms with Crippen LogP contribution in [0.15, 0.2) is 18.2 Å². The van der Waals surface area contributed by atoms with Crippen molar-refractivity contribution < 1.29 is 4.74 Å². The molecule has 1 heterocycles. The summed E-state index contributed by atoms with van der Waals surface area (Å²) in [6.45, 7) is 5.05. The van der Waals surface area contributed by atoms with E-state index in [1.165, 1.54) is 23.2 Å². The van der Waals surface area contributed by atoms with E-state index in [0.717, 1.165) is 26.1 Å². The Kier molecular flexibility index (Phi) is 4.61. The third-order valence-corrected chi connectivity index (χ3v) is 3.73. The highest BCUT2D eigenvalue weighted by Crippen LogP contribution is 2.27. The highest BCUT2D eigenvalue weighted by molar-refractivity contribution is 5.58. The molecule has 0 aromatic heterocycles. The van der Waals surface area contributed by atoms with Gasteiger partial charge in [-0.3, -0.25) is 0 Å². The third-order valence-electron chi connectivity index (χ3n) is 3.73. The van der Waals surface area contributed by atoms with Gasteiger partial charge < -0.3 is 15.0 Å². The van der Waals surface area contributed by atoms with Crippen molar-refractivity contribution in [2.75, 3.05) is 32.2 Å². The second-order valence-electron chi connectivity index (χ2n) is 5.08. The largest absolute Gasteiger partial charge is 0.383 e. The van der Waals surface area contributed by atoms with Gasteiger partial charge in [-0.15, -0.1) is 0 Å². The molecular weight excluding hydrogens is 224 g/mol. The summed E-state index contributed by atoms with van der Waals surface area (Å²) in [6.07, 6.45) is 2.27. The summed E-state index contributed by atoms with van der Waals surface area (Å²) in [6, 6.07) is 7.26. The molecule has 0 saturated heterocycles. The van der Waals surface area contributed by atoms with E-state index in [9.17, 15) is 0 Å². The van der Waals surface area contributed by atoms with Crippen LogP contribution in [0.25, 0.3) is 0 Å². The van der Waals surface area contributed by atoms with Crippen LogP contribution in [-0.2, 0) is 17.7 Å². The van der Waals surface area contributed by atoms with Crippen molar-refractivity contribution in [2.24, 2.45) is 0 Å². The number of likely N-dealkylation sites (N-methyl/N-ethyl adjacent to an activating group) is 1. The number of rotatable bonds is 6. The zero-order chi connectivity index (χ0) is 13.0. The second kappa shape index (κ2) is 6.21. The highest BCUT2D eigenvalue weighted by atomic mass is 16.5. The molecule has 0 saturated carbocycles. The Morgan fingerprint density at radius 1 is 1.44 bits per heavy atom. The van der Waals surface area contributed by atoms with E-state index in [2.05, 4.69) is 42.4 Å². The lowest BCUT2D eigenvalue weighted by Gasteiger charge is -2.17. The number of nitrogens with zero attached hydrogens (tertiary/aromatic N) is 1. The van der Waals surface area contributed by atoms with Gasteiger partial charge in [-0.2, -0.15) is 0 Å². The fraction of sp³-hybridized carbons (Fsp3) is 0.600. The van der Waals surface area contributed by atoms with E-state index in [4.69, 9.17) is 4.74 Å². The van der Waals surface area contributed by atoms with Crippen LogP contribution in [0, 0.1) is 0 Å². The molecule has 1 aliphatic heterocycles. The van der Waals surface area contributed by atoms with Crippen molar-refractivity contribution in [3.8, 4) is 0 Å². The van der Waals surface area contributed by atoms with Gasteiger partial charge in [-0.25, -0.2) is 0 Å². The first-order valence-electron chi connectivity index (χ1n) is 6.79. The molecule has 1 aromatic carbocycles. The first kappa shape index (κ1) is 13.4. The van der Waals surface area contributed by atoms with Gasteiger partial charge in [0.2, 0.25) is 0 Å². The maximum absolute atomic E-state index is 5.20. The summed E-state index contributed by atoms with van der Waals surface area (Å²) in [5, 5.41) is 3.55. The van der Waals surface area contributed by atoms with Gasteiger partial charge in [0.25, 0.3) is 0 Å². The Morgan fingerprint density at radius 2 is 2.28 bits per heavy atom. The number of anilines is 1. The quantitative estimate of drug-likeness (QED) is 0.835. The number of hydrogen-bond donors (Lipinski definition) is 1. The summed E-state index contributed by atoms with van der Waals surface area (Å²) in [4.78, 5) is 2.33. The Balaban J connectivity index is 1.94. The van der Waals surface area contributed by atoms with Gasteiger partial charge in [-0.1, -0.05) is 19.1 Å². The standard InChI is InChI=1S/C15H24N2O/c1-4-14(11-18-3)16-10-12-5-6-15-13(9-12)7-8-17(15)2/h5-6,9,14,16H,4,7-8,10-11H2,1-3H3. The maximum atomic E-state index is 5.20. The van der Waals surface area contributed by atoms with Crippen molar-refractivity contribution in [2.45, 2.75) is 32.4 Å². The topological polar surface area (TPSA) is 24.5 Å². The molecule has 18 heavy (non-hydrogen) atoms. The third kappa shape index (κ3) is 3.03. The number of ether oxygens (including phenoxy) is 1.